The lowest BCUT2D eigenvalue weighted by Crippen LogP contribution is -2.30. The Bertz CT molecular complexity index is 325. The minimum atomic E-state index is -0.000920. The quantitative estimate of drug-likeness (QED) is 0.126. The van der Waals surface area contributed by atoms with Crippen LogP contribution in [-0.4, -0.2) is 37.1 Å². The molecule has 0 aromatic heterocycles. The molecule has 0 aliphatic heterocycles. The van der Waals surface area contributed by atoms with Crippen LogP contribution in [0.2, 0.25) is 0 Å². The summed E-state index contributed by atoms with van der Waals surface area (Å²) in [4.78, 5) is 14.4. The van der Waals surface area contributed by atoms with E-state index >= 15 is 0 Å². The number of ether oxygens (including phenoxy) is 1. The molecule has 174 valence electrons. The van der Waals surface area contributed by atoms with Crippen LogP contribution in [0.25, 0.3) is 0 Å². The highest BCUT2D eigenvalue weighted by Crippen LogP contribution is 2.13. The van der Waals surface area contributed by atoms with Gasteiger partial charge in [0.15, 0.2) is 0 Å². The van der Waals surface area contributed by atoms with Crippen LogP contribution < -0.4 is 0 Å². The third-order valence-corrected chi connectivity index (χ3v) is 5.81. The molecule has 0 aromatic rings. The van der Waals surface area contributed by atoms with Crippen molar-refractivity contribution in [2.75, 3.05) is 26.2 Å². The van der Waals surface area contributed by atoms with Crippen LogP contribution >= 0.6 is 0 Å². The van der Waals surface area contributed by atoms with Crippen molar-refractivity contribution in [3.8, 4) is 0 Å². The maximum absolute atomic E-state index is 11.9. The summed E-state index contributed by atoms with van der Waals surface area (Å²) in [5.74, 6) is -0.000920. The SMILES string of the molecule is CCCCCCCCCCCCCCCC(=O)OCCN(CCCC)CCCC. The van der Waals surface area contributed by atoms with E-state index in [2.05, 4.69) is 25.7 Å². The van der Waals surface area contributed by atoms with Crippen molar-refractivity contribution < 1.29 is 9.53 Å². The van der Waals surface area contributed by atoms with Gasteiger partial charge in [0.25, 0.3) is 0 Å². The number of rotatable bonds is 23. The van der Waals surface area contributed by atoms with E-state index < -0.39 is 0 Å². The minimum absolute atomic E-state index is 0.000920. The molecule has 0 aromatic carbocycles. The average Bonchev–Trinajstić information content (AvgIpc) is 2.73. The molecule has 29 heavy (non-hydrogen) atoms. The maximum Gasteiger partial charge on any atom is 0.305 e. The molecule has 3 heteroatoms. The predicted octanol–water partition coefficient (Wildman–Crippen LogP) is 7.91. The van der Waals surface area contributed by atoms with Crippen molar-refractivity contribution in [3.05, 3.63) is 0 Å². The second-order valence-electron chi connectivity index (χ2n) is 8.76. The van der Waals surface area contributed by atoms with E-state index in [4.69, 9.17) is 4.74 Å². The molecule has 0 radical (unpaired) electrons. The second-order valence-corrected chi connectivity index (χ2v) is 8.76. The summed E-state index contributed by atoms with van der Waals surface area (Å²) >= 11 is 0. The zero-order chi connectivity index (χ0) is 21.4. The molecule has 3 nitrogen and oxygen atoms in total. The van der Waals surface area contributed by atoms with Gasteiger partial charge >= 0.3 is 5.97 Å². The fourth-order valence-corrected chi connectivity index (χ4v) is 3.75. The number of carbonyl (C=O) groups is 1. The van der Waals surface area contributed by atoms with E-state index in [9.17, 15) is 4.79 Å². The first-order valence-electron chi connectivity index (χ1n) is 13.1. The van der Waals surface area contributed by atoms with Crippen molar-refractivity contribution in [1.82, 2.24) is 4.90 Å². The molecule has 0 bridgehead atoms. The normalized spacial score (nSPS) is 11.3. The number of carbonyl (C=O) groups excluding carboxylic acids is 1. The molecular formula is C26H53NO2. The van der Waals surface area contributed by atoms with Gasteiger partial charge in [-0.2, -0.15) is 0 Å². The molecule has 0 atom stereocenters. The third kappa shape index (κ3) is 21.9. The van der Waals surface area contributed by atoms with E-state index in [0.29, 0.717) is 13.0 Å². The Hall–Kier alpha value is -0.570. The minimum Gasteiger partial charge on any atom is -0.464 e. The smallest absolute Gasteiger partial charge is 0.305 e. The average molecular weight is 412 g/mol. The highest BCUT2D eigenvalue weighted by molar-refractivity contribution is 5.69. The Morgan fingerprint density at radius 1 is 0.552 bits per heavy atom. The van der Waals surface area contributed by atoms with E-state index in [1.165, 1.54) is 103 Å². The summed E-state index contributed by atoms with van der Waals surface area (Å²) in [5.41, 5.74) is 0. The Kier molecular flexibility index (Phi) is 23.2. The van der Waals surface area contributed by atoms with Gasteiger partial charge in [-0.3, -0.25) is 9.69 Å². The molecule has 0 saturated heterocycles. The molecule has 0 saturated carbocycles. The first-order chi connectivity index (χ1) is 14.2. The van der Waals surface area contributed by atoms with Gasteiger partial charge in [0.2, 0.25) is 0 Å². The lowest BCUT2D eigenvalue weighted by atomic mass is 10.0. The maximum atomic E-state index is 11.9. The summed E-state index contributed by atoms with van der Waals surface area (Å²) in [6, 6.07) is 0. The molecule has 0 rings (SSSR count). The van der Waals surface area contributed by atoms with Crippen LogP contribution in [0.4, 0.5) is 0 Å². The summed E-state index contributed by atoms with van der Waals surface area (Å²) in [7, 11) is 0. The number of hydrogen-bond donors (Lipinski definition) is 0. The Morgan fingerprint density at radius 2 is 0.966 bits per heavy atom. The largest absolute Gasteiger partial charge is 0.464 e. The molecule has 0 unspecified atom stereocenters. The lowest BCUT2D eigenvalue weighted by Gasteiger charge is -2.21. The van der Waals surface area contributed by atoms with Gasteiger partial charge in [0.1, 0.15) is 6.61 Å². The number of hydrogen-bond acceptors (Lipinski definition) is 3. The Balaban J connectivity index is 3.42. The van der Waals surface area contributed by atoms with Crippen molar-refractivity contribution in [3.63, 3.8) is 0 Å². The molecule has 0 heterocycles. The molecular weight excluding hydrogens is 358 g/mol. The molecule has 0 N–H and O–H groups in total. The standard InChI is InChI=1S/C26H53NO2/c1-4-7-10-11-12-13-14-15-16-17-18-19-20-21-26(28)29-25-24-27(22-8-5-2)23-9-6-3/h4-25H2,1-3H3. The van der Waals surface area contributed by atoms with Gasteiger partial charge < -0.3 is 4.74 Å². The van der Waals surface area contributed by atoms with Gasteiger partial charge in [0.05, 0.1) is 0 Å². The van der Waals surface area contributed by atoms with Gasteiger partial charge in [-0.15, -0.1) is 0 Å². The molecule has 0 aliphatic rings. The third-order valence-electron chi connectivity index (χ3n) is 5.81. The van der Waals surface area contributed by atoms with Crippen LogP contribution in [0.5, 0.6) is 0 Å². The Morgan fingerprint density at radius 3 is 1.41 bits per heavy atom. The number of unbranched alkanes of at least 4 members (excludes halogenated alkanes) is 14. The van der Waals surface area contributed by atoms with E-state index in [1.54, 1.807) is 0 Å². The Labute approximate surface area is 183 Å². The van der Waals surface area contributed by atoms with Crippen LogP contribution in [0.15, 0.2) is 0 Å². The predicted molar refractivity (Wildman–Crippen MR) is 128 cm³/mol. The fraction of sp³-hybridized carbons (Fsp3) is 0.962. The molecule has 0 spiro atoms. The summed E-state index contributed by atoms with van der Waals surface area (Å²) in [5, 5.41) is 0. The lowest BCUT2D eigenvalue weighted by molar-refractivity contribution is -0.144. The molecule has 0 fully saturated rings. The van der Waals surface area contributed by atoms with Crippen molar-refractivity contribution >= 4 is 5.97 Å². The van der Waals surface area contributed by atoms with Gasteiger partial charge in [0, 0.05) is 13.0 Å². The first kappa shape index (κ1) is 28.4. The fourth-order valence-electron chi connectivity index (χ4n) is 3.75. The van der Waals surface area contributed by atoms with Gasteiger partial charge in [-0.25, -0.2) is 0 Å². The first-order valence-corrected chi connectivity index (χ1v) is 13.1. The number of nitrogens with zero attached hydrogens (tertiary/aromatic N) is 1. The molecule has 0 amide bonds. The van der Waals surface area contributed by atoms with E-state index in [-0.39, 0.29) is 5.97 Å². The van der Waals surface area contributed by atoms with Gasteiger partial charge in [-0.1, -0.05) is 111 Å². The van der Waals surface area contributed by atoms with Crippen LogP contribution in [0.1, 0.15) is 136 Å². The summed E-state index contributed by atoms with van der Waals surface area (Å²) in [6.07, 6.45) is 22.9. The zero-order valence-electron chi connectivity index (χ0n) is 20.3. The van der Waals surface area contributed by atoms with E-state index in [0.717, 1.165) is 26.1 Å². The van der Waals surface area contributed by atoms with Crippen LogP contribution in [-0.2, 0) is 9.53 Å². The van der Waals surface area contributed by atoms with E-state index in [1.807, 2.05) is 0 Å². The highest BCUT2D eigenvalue weighted by Gasteiger charge is 2.07. The monoisotopic (exact) mass is 411 g/mol. The van der Waals surface area contributed by atoms with Crippen LogP contribution in [0.3, 0.4) is 0 Å². The van der Waals surface area contributed by atoms with Crippen LogP contribution in [0, 0.1) is 0 Å². The summed E-state index contributed by atoms with van der Waals surface area (Å²) in [6.45, 7) is 10.5. The topological polar surface area (TPSA) is 29.5 Å². The van der Waals surface area contributed by atoms with Crippen molar-refractivity contribution in [1.29, 1.82) is 0 Å². The van der Waals surface area contributed by atoms with Crippen molar-refractivity contribution in [2.45, 2.75) is 136 Å². The second kappa shape index (κ2) is 23.7. The van der Waals surface area contributed by atoms with Gasteiger partial charge in [-0.05, 0) is 32.4 Å². The van der Waals surface area contributed by atoms with Crippen molar-refractivity contribution in [2.24, 2.45) is 0 Å². The number of esters is 1. The highest BCUT2D eigenvalue weighted by atomic mass is 16.5. The molecule has 0 aliphatic carbocycles. The summed E-state index contributed by atoms with van der Waals surface area (Å²) < 4.78 is 5.46. The zero-order valence-corrected chi connectivity index (χ0v) is 20.3.